The average Bonchev–Trinajstić information content (AvgIpc) is 2.37. The fourth-order valence-electron chi connectivity index (χ4n) is 1.59. The van der Waals surface area contributed by atoms with Crippen molar-refractivity contribution in [1.82, 2.24) is 4.90 Å². The van der Waals surface area contributed by atoms with E-state index in [-0.39, 0.29) is 19.4 Å². The summed E-state index contributed by atoms with van der Waals surface area (Å²) < 4.78 is 41.5. The van der Waals surface area contributed by atoms with Crippen LogP contribution in [0.1, 0.15) is 32.1 Å². The Balaban J connectivity index is 4.34. The van der Waals surface area contributed by atoms with E-state index in [0.29, 0.717) is 24.3 Å². The van der Waals surface area contributed by atoms with E-state index in [0.717, 1.165) is 13.5 Å². The first-order valence-electron chi connectivity index (χ1n) is 6.41. The van der Waals surface area contributed by atoms with Crippen LogP contribution in [0.25, 0.3) is 0 Å². The maximum atomic E-state index is 12.4. The molecule has 0 bridgehead atoms. The lowest BCUT2D eigenvalue weighted by Crippen LogP contribution is -2.40. The van der Waals surface area contributed by atoms with Gasteiger partial charge in [0.25, 0.3) is 0 Å². The number of amides is 1. The normalized spacial score (nSPS) is 11.2. The second-order valence-electron chi connectivity index (χ2n) is 4.36. The van der Waals surface area contributed by atoms with Crippen molar-refractivity contribution >= 4 is 11.9 Å². The van der Waals surface area contributed by atoms with Crippen LogP contribution in [0.4, 0.5) is 13.2 Å². The number of ether oxygens (including phenoxy) is 1. The molecule has 8 heteroatoms. The SMILES string of the molecule is COC(=O)CCN(CC(F)(F)F)C(=O)CCCCCN. The highest BCUT2D eigenvalue weighted by atomic mass is 19.4. The lowest BCUT2D eigenvalue weighted by molar-refractivity contribution is -0.162. The predicted octanol–water partition coefficient (Wildman–Crippen LogP) is 1.46. The summed E-state index contributed by atoms with van der Waals surface area (Å²) in [7, 11) is 1.14. The van der Waals surface area contributed by atoms with Crippen molar-refractivity contribution in [3.63, 3.8) is 0 Å². The highest BCUT2D eigenvalue weighted by Gasteiger charge is 2.32. The number of hydrogen-bond acceptors (Lipinski definition) is 4. The highest BCUT2D eigenvalue weighted by Crippen LogP contribution is 2.18. The number of alkyl halides is 3. The Morgan fingerprint density at radius 2 is 1.80 bits per heavy atom. The topological polar surface area (TPSA) is 72.6 Å². The van der Waals surface area contributed by atoms with Crippen LogP contribution in [0.5, 0.6) is 0 Å². The molecule has 20 heavy (non-hydrogen) atoms. The molecule has 1 amide bonds. The number of unbranched alkanes of at least 4 members (excludes halogenated alkanes) is 2. The van der Waals surface area contributed by atoms with Crippen LogP contribution >= 0.6 is 0 Å². The monoisotopic (exact) mass is 298 g/mol. The van der Waals surface area contributed by atoms with Crippen LogP contribution < -0.4 is 5.73 Å². The first-order valence-corrected chi connectivity index (χ1v) is 6.41. The van der Waals surface area contributed by atoms with Gasteiger partial charge in [-0.25, -0.2) is 0 Å². The Labute approximate surface area is 116 Å². The van der Waals surface area contributed by atoms with E-state index in [1.54, 1.807) is 0 Å². The van der Waals surface area contributed by atoms with Gasteiger partial charge < -0.3 is 15.4 Å². The first kappa shape index (κ1) is 18.7. The molecule has 0 aliphatic heterocycles. The van der Waals surface area contributed by atoms with Gasteiger partial charge in [-0.05, 0) is 19.4 Å². The maximum absolute atomic E-state index is 12.4. The molecule has 0 rings (SSSR count). The second-order valence-corrected chi connectivity index (χ2v) is 4.36. The van der Waals surface area contributed by atoms with Gasteiger partial charge in [0.1, 0.15) is 6.54 Å². The minimum Gasteiger partial charge on any atom is -0.469 e. The highest BCUT2D eigenvalue weighted by molar-refractivity contribution is 5.77. The molecule has 0 radical (unpaired) electrons. The number of nitrogens with zero attached hydrogens (tertiary/aromatic N) is 1. The van der Waals surface area contributed by atoms with Crippen molar-refractivity contribution in [2.45, 2.75) is 38.3 Å². The molecule has 0 unspecified atom stereocenters. The molecule has 0 heterocycles. The fraction of sp³-hybridized carbons (Fsp3) is 0.833. The minimum atomic E-state index is -4.48. The first-order chi connectivity index (χ1) is 9.30. The van der Waals surface area contributed by atoms with E-state index in [2.05, 4.69) is 4.74 Å². The zero-order valence-electron chi connectivity index (χ0n) is 11.5. The van der Waals surface area contributed by atoms with Crippen molar-refractivity contribution in [2.24, 2.45) is 5.73 Å². The number of methoxy groups -OCH3 is 1. The van der Waals surface area contributed by atoms with Gasteiger partial charge in [0.15, 0.2) is 0 Å². The summed E-state index contributed by atoms with van der Waals surface area (Å²) >= 11 is 0. The van der Waals surface area contributed by atoms with Gasteiger partial charge in [-0.15, -0.1) is 0 Å². The van der Waals surface area contributed by atoms with E-state index < -0.39 is 24.6 Å². The van der Waals surface area contributed by atoms with Crippen LogP contribution in [0, 0.1) is 0 Å². The third kappa shape index (κ3) is 9.60. The molecule has 0 aliphatic carbocycles. The number of hydrogen-bond donors (Lipinski definition) is 1. The van der Waals surface area contributed by atoms with Crippen molar-refractivity contribution in [2.75, 3.05) is 26.7 Å². The summed E-state index contributed by atoms with van der Waals surface area (Å²) in [4.78, 5) is 23.3. The molecule has 0 aliphatic rings. The Morgan fingerprint density at radius 1 is 1.15 bits per heavy atom. The Kier molecular flexibility index (Phi) is 8.94. The molecule has 0 fully saturated rings. The van der Waals surface area contributed by atoms with Crippen LogP contribution in [0.15, 0.2) is 0 Å². The van der Waals surface area contributed by atoms with Crippen LogP contribution in [0.3, 0.4) is 0 Å². The lowest BCUT2D eigenvalue weighted by atomic mass is 10.1. The summed E-state index contributed by atoms with van der Waals surface area (Å²) in [5, 5.41) is 0. The number of halogens is 3. The molecular formula is C12H21F3N2O3. The molecule has 0 saturated carbocycles. The molecule has 2 N–H and O–H groups in total. The fourth-order valence-corrected chi connectivity index (χ4v) is 1.59. The zero-order valence-corrected chi connectivity index (χ0v) is 11.5. The maximum Gasteiger partial charge on any atom is 0.406 e. The van der Waals surface area contributed by atoms with Gasteiger partial charge in [0, 0.05) is 13.0 Å². The number of rotatable bonds is 9. The molecule has 5 nitrogen and oxygen atoms in total. The summed E-state index contributed by atoms with van der Waals surface area (Å²) in [5.41, 5.74) is 5.29. The van der Waals surface area contributed by atoms with E-state index in [1.165, 1.54) is 0 Å². The van der Waals surface area contributed by atoms with Crippen LogP contribution in [0.2, 0.25) is 0 Å². The standard InChI is InChI=1S/C12H21F3N2O3/c1-20-11(19)6-8-17(9-12(13,14)15)10(18)5-3-2-4-7-16/h2-9,16H2,1H3. The van der Waals surface area contributed by atoms with Gasteiger partial charge in [0.2, 0.25) is 5.91 Å². The Hall–Kier alpha value is -1.31. The van der Waals surface area contributed by atoms with E-state index in [4.69, 9.17) is 5.73 Å². The molecule has 118 valence electrons. The number of nitrogens with two attached hydrogens (primary N) is 1. The largest absolute Gasteiger partial charge is 0.469 e. The van der Waals surface area contributed by atoms with Gasteiger partial charge in [-0.2, -0.15) is 13.2 Å². The molecular weight excluding hydrogens is 277 g/mol. The molecule has 0 spiro atoms. The number of carbonyl (C=O) groups excluding carboxylic acids is 2. The van der Waals surface area contributed by atoms with Crippen LogP contribution in [-0.2, 0) is 14.3 Å². The summed E-state index contributed by atoms with van der Waals surface area (Å²) in [5.74, 6) is -1.25. The van der Waals surface area contributed by atoms with Gasteiger partial charge in [-0.3, -0.25) is 9.59 Å². The zero-order chi connectivity index (χ0) is 15.6. The summed E-state index contributed by atoms with van der Waals surface area (Å²) in [6.45, 7) is -1.15. The smallest absolute Gasteiger partial charge is 0.406 e. The summed E-state index contributed by atoms with van der Waals surface area (Å²) in [6, 6.07) is 0. The number of carbonyl (C=O) groups is 2. The van der Waals surface area contributed by atoms with Gasteiger partial charge in [-0.1, -0.05) is 6.42 Å². The molecule has 0 aromatic carbocycles. The lowest BCUT2D eigenvalue weighted by Gasteiger charge is -2.23. The predicted molar refractivity (Wildman–Crippen MR) is 66.8 cm³/mol. The minimum absolute atomic E-state index is 0.0251. The van der Waals surface area contributed by atoms with Gasteiger partial charge in [0.05, 0.1) is 13.5 Å². The van der Waals surface area contributed by atoms with E-state index in [1.807, 2.05) is 0 Å². The van der Waals surface area contributed by atoms with Crippen molar-refractivity contribution in [1.29, 1.82) is 0 Å². The molecule has 0 aromatic heterocycles. The number of esters is 1. The molecule has 0 atom stereocenters. The Morgan fingerprint density at radius 3 is 2.30 bits per heavy atom. The molecule has 0 saturated heterocycles. The van der Waals surface area contributed by atoms with Crippen molar-refractivity contribution in [3.05, 3.63) is 0 Å². The van der Waals surface area contributed by atoms with E-state index in [9.17, 15) is 22.8 Å². The van der Waals surface area contributed by atoms with E-state index >= 15 is 0 Å². The third-order valence-corrected chi connectivity index (χ3v) is 2.63. The third-order valence-electron chi connectivity index (χ3n) is 2.63. The van der Waals surface area contributed by atoms with Crippen molar-refractivity contribution < 1.29 is 27.5 Å². The van der Waals surface area contributed by atoms with Crippen molar-refractivity contribution in [3.8, 4) is 0 Å². The van der Waals surface area contributed by atoms with Gasteiger partial charge >= 0.3 is 12.1 Å². The summed E-state index contributed by atoms with van der Waals surface area (Å²) in [6.07, 6.45) is -2.79. The Bertz CT molecular complexity index is 309. The quantitative estimate of drug-likeness (QED) is 0.516. The van der Waals surface area contributed by atoms with Crippen LogP contribution in [-0.4, -0.2) is 49.7 Å². The second kappa shape index (κ2) is 9.57. The average molecular weight is 298 g/mol. The molecule has 0 aromatic rings.